The Morgan fingerprint density at radius 2 is 1.60 bits per heavy atom. The number of rotatable bonds is 11. The Labute approximate surface area is 181 Å². The number of unbranched alkanes of at least 4 members (excludes halogenated alkanes) is 1. The Kier molecular flexibility index (Phi) is 9.54. The lowest BCUT2D eigenvalue weighted by atomic mass is 9.98. The van der Waals surface area contributed by atoms with E-state index in [1.54, 1.807) is 0 Å². The molecule has 0 radical (unpaired) electrons. The fourth-order valence-corrected chi connectivity index (χ4v) is 3.75. The fraction of sp³-hybridized carbons (Fsp3) is 0.500. The SMILES string of the molecule is C[C@@H](c1ccccc1)N(Cc1ccccc1)[C@@H](CCCCO)CC(=O)OC(C)(C)C. The first-order valence-corrected chi connectivity index (χ1v) is 11.0. The highest BCUT2D eigenvalue weighted by Crippen LogP contribution is 2.29. The number of nitrogens with zero attached hydrogens (tertiary/aromatic N) is 1. The van der Waals surface area contributed by atoms with Gasteiger partial charge in [-0.15, -0.1) is 0 Å². The molecule has 0 fully saturated rings. The van der Waals surface area contributed by atoms with Gasteiger partial charge in [0.05, 0.1) is 6.42 Å². The first kappa shape index (κ1) is 24.1. The molecule has 30 heavy (non-hydrogen) atoms. The lowest BCUT2D eigenvalue weighted by Crippen LogP contribution is -2.39. The molecule has 0 bridgehead atoms. The third-order valence-corrected chi connectivity index (χ3v) is 5.22. The maximum absolute atomic E-state index is 12.7. The molecule has 4 heteroatoms. The minimum atomic E-state index is -0.498. The Morgan fingerprint density at radius 1 is 1.00 bits per heavy atom. The van der Waals surface area contributed by atoms with Crippen molar-refractivity contribution in [3.05, 3.63) is 71.8 Å². The van der Waals surface area contributed by atoms with Gasteiger partial charge in [-0.1, -0.05) is 60.7 Å². The summed E-state index contributed by atoms with van der Waals surface area (Å²) in [6, 6.07) is 21.0. The Bertz CT molecular complexity index is 740. The van der Waals surface area contributed by atoms with Crippen molar-refractivity contribution in [2.45, 2.75) is 77.6 Å². The van der Waals surface area contributed by atoms with E-state index in [0.29, 0.717) is 6.42 Å². The summed E-state index contributed by atoms with van der Waals surface area (Å²) in [4.78, 5) is 15.1. The molecule has 0 aliphatic carbocycles. The molecule has 2 aromatic carbocycles. The van der Waals surface area contributed by atoms with Gasteiger partial charge in [0.25, 0.3) is 0 Å². The molecule has 0 aliphatic heterocycles. The van der Waals surface area contributed by atoms with Crippen LogP contribution in [0.3, 0.4) is 0 Å². The predicted molar refractivity (Wildman–Crippen MR) is 122 cm³/mol. The minimum absolute atomic E-state index is 0.0295. The predicted octanol–water partition coefficient (Wildman–Crippen LogP) is 5.51. The van der Waals surface area contributed by atoms with Crippen LogP contribution in [-0.4, -0.2) is 34.2 Å². The van der Waals surface area contributed by atoms with Crippen molar-refractivity contribution in [1.82, 2.24) is 4.90 Å². The molecule has 0 aromatic heterocycles. The number of aliphatic hydroxyl groups excluding tert-OH is 1. The van der Waals surface area contributed by atoms with E-state index in [0.717, 1.165) is 25.8 Å². The standard InChI is InChI=1S/C26H37NO3/c1-21(23-15-9-6-10-16-23)27(20-22-13-7-5-8-14-22)24(17-11-12-18-28)19-25(29)30-26(2,3)4/h5-10,13-16,21,24,28H,11-12,17-20H2,1-4H3/t21-,24-/m0/s1. The summed E-state index contributed by atoms with van der Waals surface area (Å²) in [6.07, 6.45) is 2.79. The third kappa shape index (κ3) is 8.29. The largest absolute Gasteiger partial charge is 0.460 e. The zero-order chi connectivity index (χ0) is 22.0. The molecule has 0 saturated heterocycles. The van der Waals surface area contributed by atoms with Gasteiger partial charge in [-0.2, -0.15) is 0 Å². The summed E-state index contributed by atoms with van der Waals surface area (Å²) in [5.41, 5.74) is 1.95. The van der Waals surface area contributed by atoms with E-state index in [4.69, 9.17) is 4.74 Å². The van der Waals surface area contributed by atoms with Crippen LogP contribution < -0.4 is 0 Å². The normalized spacial score (nSPS) is 13.8. The molecule has 4 nitrogen and oxygen atoms in total. The average Bonchev–Trinajstić information content (AvgIpc) is 2.71. The lowest BCUT2D eigenvalue weighted by Gasteiger charge is -2.37. The van der Waals surface area contributed by atoms with Crippen molar-refractivity contribution >= 4 is 5.97 Å². The van der Waals surface area contributed by atoms with Crippen LogP contribution in [0.15, 0.2) is 60.7 Å². The van der Waals surface area contributed by atoms with Gasteiger partial charge in [0.2, 0.25) is 0 Å². The van der Waals surface area contributed by atoms with Gasteiger partial charge in [0, 0.05) is 25.2 Å². The molecule has 0 aliphatic rings. The second kappa shape index (κ2) is 11.9. The van der Waals surface area contributed by atoms with E-state index >= 15 is 0 Å². The van der Waals surface area contributed by atoms with Crippen molar-refractivity contribution in [2.75, 3.05) is 6.61 Å². The van der Waals surface area contributed by atoms with Crippen LogP contribution in [0.4, 0.5) is 0 Å². The summed E-state index contributed by atoms with van der Waals surface area (Å²) in [5, 5.41) is 9.27. The zero-order valence-corrected chi connectivity index (χ0v) is 18.9. The van der Waals surface area contributed by atoms with Crippen LogP contribution in [0.2, 0.25) is 0 Å². The fourth-order valence-electron chi connectivity index (χ4n) is 3.75. The van der Waals surface area contributed by atoms with Crippen LogP contribution in [0.1, 0.15) is 70.5 Å². The zero-order valence-electron chi connectivity index (χ0n) is 18.9. The summed E-state index contributed by atoms with van der Waals surface area (Å²) in [6.45, 7) is 8.84. The molecule has 0 spiro atoms. The van der Waals surface area contributed by atoms with Gasteiger partial charge in [-0.3, -0.25) is 9.69 Å². The molecular weight excluding hydrogens is 374 g/mol. The highest BCUT2D eigenvalue weighted by Gasteiger charge is 2.28. The second-order valence-corrected chi connectivity index (χ2v) is 8.91. The van der Waals surface area contributed by atoms with Gasteiger partial charge in [-0.05, 0) is 58.1 Å². The van der Waals surface area contributed by atoms with E-state index in [1.807, 2.05) is 32.9 Å². The van der Waals surface area contributed by atoms with Crippen molar-refractivity contribution in [2.24, 2.45) is 0 Å². The van der Waals surface area contributed by atoms with Gasteiger partial charge < -0.3 is 9.84 Å². The molecule has 2 aromatic rings. The number of benzene rings is 2. The van der Waals surface area contributed by atoms with Gasteiger partial charge in [0.15, 0.2) is 0 Å². The van der Waals surface area contributed by atoms with Gasteiger partial charge in [0.1, 0.15) is 5.60 Å². The third-order valence-electron chi connectivity index (χ3n) is 5.22. The Hall–Kier alpha value is -2.17. The summed E-state index contributed by atoms with van der Waals surface area (Å²) < 4.78 is 5.65. The van der Waals surface area contributed by atoms with Gasteiger partial charge in [-0.25, -0.2) is 0 Å². The van der Waals surface area contributed by atoms with Crippen LogP contribution in [0, 0.1) is 0 Å². The smallest absolute Gasteiger partial charge is 0.307 e. The van der Waals surface area contributed by atoms with Gasteiger partial charge >= 0.3 is 5.97 Å². The number of carbonyl (C=O) groups is 1. The first-order chi connectivity index (χ1) is 14.3. The number of hydrogen-bond donors (Lipinski definition) is 1. The number of ether oxygens (including phenoxy) is 1. The van der Waals surface area contributed by atoms with Crippen molar-refractivity contribution in [3.8, 4) is 0 Å². The van der Waals surface area contributed by atoms with Crippen molar-refractivity contribution in [3.63, 3.8) is 0 Å². The van der Waals surface area contributed by atoms with Crippen molar-refractivity contribution in [1.29, 1.82) is 0 Å². The van der Waals surface area contributed by atoms with E-state index in [1.165, 1.54) is 11.1 Å². The molecule has 0 heterocycles. The number of carbonyl (C=O) groups excluding carboxylic acids is 1. The molecular formula is C26H37NO3. The van der Waals surface area contributed by atoms with E-state index in [9.17, 15) is 9.90 Å². The van der Waals surface area contributed by atoms with Crippen LogP contribution in [0.25, 0.3) is 0 Å². The summed E-state index contributed by atoms with van der Waals surface area (Å²) >= 11 is 0. The maximum atomic E-state index is 12.7. The van der Waals surface area contributed by atoms with Crippen LogP contribution in [0.5, 0.6) is 0 Å². The minimum Gasteiger partial charge on any atom is -0.460 e. The molecule has 164 valence electrons. The lowest BCUT2D eigenvalue weighted by molar-refractivity contribution is -0.156. The molecule has 0 unspecified atom stereocenters. The van der Waals surface area contributed by atoms with Crippen molar-refractivity contribution < 1.29 is 14.6 Å². The molecule has 2 atom stereocenters. The highest BCUT2D eigenvalue weighted by atomic mass is 16.6. The molecule has 0 saturated carbocycles. The molecule has 1 N–H and O–H groups in total. The van der Waals surface area contributed by atoms with E-state index < -0.39 is 5.60 Å². The first-order valence-electron chi connectivity index (χ1n) is 11.0. The summed E-state index contributed by atoms with van der Waals surface area (Å²) in [7, 11) is 0. The Morgan fingerprint density at radius 3 is 2.17 bits per heavy atom. The Balaban J connectivity index is 2.30. The quantitative estimate of drug-likeness (QED) is 0.391. The molecule has 2 rings (SSSR count). The monoisotopic (exact) mass is 411 g/mol. The maximum Gasteiger partial charge on any atom is 0.307 e. The second-order valence-electron chi connectivity index (χ2n) is 8.91. The number of aliphatic hydroxyl groups is 1. The molecule has 0 amide bonds. The van der Waals surface area contributed by atoms with E-state index in [2.05, 4.69) is 60.4 Å². The van der Waals surface area contributed by atoms with E-state index in [-0.39, 0.29) is 24.7 Å². The number of esters is 1. The summed E-state index contributed by atoms with van der Waals surface area (Å²) in [5.74, 6) is -0.171. The van der Waals surface area contributed by atoms with Crippen LogP contribution >= 0.6 is 0 Å². The van der Waals surface area contributed by atoms with Crippen LogP contribution in [-0.2, 0) is 16.1 Å². The average molecular weight is 412 g/mol. The highest BCUT2D eigenvalue weighted by molar-refractivity contribution is 5.70. The number of hydrogen-bond acceptors (Lipinski definition) is 4. The topological polar surface area (TPSA) is 49.8 Å².